The van der Waals surface area contributed by atoms with Gasteiger partial charge in [0, 0.05) is 16.5 Å². The van der Waals surface area contributed by atoms with Gasteiger partial charge in [-0.25, -0.2) is 0 Å². The van der Waals surface area contributed by atoms with E-state index in [2.05, 4.69) is 17.2 Å². The van der Waals surface area contributed by atoms with Crippen molar-refractivity contribution in [1.82, 2.24) is 5.32 Å². The monoisotopic (exact) mass is 253 g/mol. The predicted molar refractivity (Wildman–Crippen MR) is 68.9 cm³/mol. The second-order valence-corrected chi connectivity index (χ2v) is 4.76. The zero-order valence-corrected chi connectivity index (χ0v) is 10.4. The zero-order valence-electron chi connectivity index (χ0n) is 8.89. The quantitative estimate of drug-likeness (QED) is 0.700. The Hall–Kier alpha value is -0.680. The fourth-order valence-electron chi connectivity index (χ4n) is 1.74. The van der Waals surface area contributed by atoms with Crippen LogP contribution in [0.5, 0.6) is 0 Å². The number of hydrogen-bond acceptors (Lipinski definition) is 1. The first kappa shape index (κ1) is 11.8. The van der Waals surface area contributed by atoms with Gasteiger partial charge in [0.05, 0.1) is 5.02 Å². The van der Waals surface area contributed by atoms with E-state index >= 15 is 0 Å². The van der Waals surface area contributed by atoms with Crippen LogP contribution >= 0.6 is 23.2 Å². The Kier molecular flexibility index (Phi) is 4.12. The van der Waals surface area contributed by atoms with E-state index in [1.54, 1.807) is 6.07 Å². The average Bonchev–Trinajstić information content (AvgIpc) is 2.29. The molecule has 1 aliphatic heterocycles. The fourth-order valence-corrected chi connectivity index (χ4v) is 2.19. The maximum atomic E-state index is 6.05. The molecule has 1 N–H and O–H groups in total. The van der Waals surface area contributed by atoms with Crippen LogP contribution in [0, 0.1) is 17.8 Å². The Morgan fingerprint density at radius 3 is 2.62 bits per heavy atom. The molecule has 0 aliphatic carbocycles. The number of hydrogen-bond donors (Lipinski definition) is 1. The van der Waals surface area contributed by atoms with Crippen LogP contribution in [-0.4, -0.2) is 13.1 Å². The largest absolute Gasteiger partial charge is 0.317 e. The van der Waals surface area contributed by atoms with Gasteiger partial charge in [0.2, 0.25) is 0 Å². The number of nitrogens with one attached hydrogen (secondary N) is 1. The summed E-state index contributed by atoms with van der Waals surface area (Å²) in [4.78, 5) is 0. The number of benzene rings is 1. The molecular formula is C13H13Cl2N. The van der Waals surface area contributed by atoms with Gasteiger partial charge in [-0.15, -0.1) is 0 Å². The van der Waals surface area contributed by atoms with Crippen molar-refractivity contribution < 1.29 is 0 Å². The summed E-state index contributed by atoms with van der Waals surface area (Å²) < 4.78 is 0. The minimum atomic E-state index is 0.494. The lowest BCUT2D eigenvalue weighted by Gasteiger charge is -2.17. The van der Waals surface area contributed by atoms with E-state index in [9.17, 15) is 0 Å². The van der Waals surface area contributed by atoms with Crippen molar-refractivity contribution in [2.75, 3.05) is 13.1 Å². The van der Waals surface area contributed by atoms with Crippen LogP contribution in [0.1, 0.15) is 18.4 Å². The molecule has 0 spiro atoms. The van der Waals surface area contributed by atoms with Gasteiger partial charge in [-0.3, -0.25) is 0 Å². The maximum Gasteiger partial charge on any atom is 0.0577 e. The van der Waals surface area contributed by atoms with Crippen molar-refractivity contribution >= 4 is 23.2 Å². The van der Waals surface area contributed by atoms with Crippen LogP contribution in [0.4, 0.5) is 0 Å². The second-order valence-electron chi connectivity index (χ2n) is 3.92. The van der Waals surface area contributed by atoms with Gasteiger partial charge in [0.1, 0.15) is 0 Å². The van der Waals surface area contributed by atoms with Crippen LogP contribution in [0.25, 0.3) is 0 Å². The van der Waals surface area contributed by atoms with Crippen molar-refractivity contribution in [3.63, 3.8) is 0 Å². The summed E-state index contributed by atoms with van der Waals surface area (Å²) in [5.74, 6) is 6.92. The SMILES string of the molecule is Clc1ccc(C#CC2CCNCC2)c(Cl)c1. The first-order chi connectivity index (χ1) is 7.75. The van der Waals surface area contributed by atoms with Gasteiger partial charge < -0.3 is 5.32 Å². The van der Waals surface area contributed by atoms with Gasteiger partial charge in [0.25, 0.3) is 0 Å². The molecule has 0 bridgehead atoms. The summed E-state index contributed by atoms with van der Waals surface area (Å²) >= 11 is 11.9. The van der Waals surface area contributed by atoms with Gasteiger partial charge in [-0.05, 0) is 44.1 Å². The van der Waals surface area contributed by atoms with Crippen LogP contribution < -0.4 is 5.32 Å². The highest BCUT2D eigenvalue weighted by Crippen LogP contribution is 2.20. The van der Waals surface area contributed by atoms with E-state index in [1.807, 2.05) is 12.1 Å². The van der Waals surface area contributed by atoms with Crippen LogP contribution in [0.15, 0.2) is 18.2 Å². The summed E-state index contributed by atoms with van der Waals surface area (Å²) in [6, 6.07) is 5.42. The van der Waals surface area contributed by atoms with E-state index in [0.717, 1.165) is 31.5 Å². The first-order valence-corrected chi connectivity index (χ1v) is 6.18. The maximum absolute atomic E-state index is 6.05. The molecule has 1 saturated heterocycles. The molecule has 1 aliphatic rings. The highest BCUT2D eigenvalue weighted by molar-refractivity contribution is 6.35. The standard InChI is InChI=1S/C13H13Cl2N/c14-12-4-3-11(13(15)9-12)2-1-10-5-7-16-8-6-10/h3-4,9-10,16H,5-8H2. The Morgan fingerprint density at radius 2 is 1.94 bits per heavy atom. The lowest BCUT2D eigenvalue weighted by atomic mass is 9.98. The third-order valence-corrected chi connectivity index (χ3v) is 3.23. The summed E-state index contributed by atoms with van der Waals surface area (Å²) in [5, 5.41) is 4.60. The van der Waals surface area contributed by atoms with Crippen molar-refractivity contribution in [3.05, 3.63) is 33.8 Å². The molecule has 3 heteroatoms. The molecule has 1 heterocycles. The molecule has 1 nitrogen and oxygen atoms in total. The molecule has 1 aromatic carbocycles. The molecule has 0 unspecified atom stereocenters. The van der Waals surface area contributed by atoms with E-state index in [0.29, 0.717) is 16.0 Å². The predicted octanol–water partition coefficient (Wildman–Crippen LogP) is 3.34. The van der Waals surface area contributed by atoms with Crippen molar-refractivity contribution in [1.29, 1.82) is 0 Å². The first-order valence-electron chi connectivity index (χ1n) is 5.43. The number of piperidine rings is 1. The van der Waals surface area contributed by atoms with Gasteiger partial charge in [0.15, 0.2) is 0 Å². The van der Waals surface area contributed by atoms with E-state index in [-0.39, 0.29) is 0 Å². The topological polar surface area (TPSA) is 12.0 Å². The summed E-state index contributed by atoms with van der Waals surface area (Å²) in [7, 11) is 0. The van der Waals surface area contributed by atoms with Crippen molar-refractivity contribution in [3.8, 4) is 11.8 Å². The molecule has 1 aromatic rings. The van der Waals surface area contributed by atoms with Crippen LogP contribution in [0.3, 0.4) is 0 Å². The molecular weight excluding hydrogens is 241 g/mol. The number of halogens is 2. The van der Waals surface area contributed by atoms with Crippen molar-refractivity contribution in [2.24, 2.45) is 5.92 Å². The normalized spacial score (nSPS) is 16.6. The molecule has 0 amide bonds. The molecule has 84 valence electrons. The Balaban J connectivity index is 2.10. The van der Waals surface area contributed by atoms with Gasteiger partial charge in [-0.2, -0.15) is 0 Å². The molecule has 2 rings (SSSR count). The smallest absolute Gasteiger partial charge is 0.0577 e. The molecule has 1 fully saturated rings. The molecule has 0 atom stereocenters. The Morgan fingerprint density at radius 1 is 1.19 bits per heavy atom. The molecule has 0 aromatic heterocycles. The number of rotatable bonds is 0. The second kappa shape index (κ2) is 5.59. The molecule has 16 heavy (non-hydrogen) atoms. The van der Waals surface area contributed by atoms with Crippen molar-refractivity contribution in [2.45, 2.75) is 12.8 Å². The Bertz CT molecular complexity index is 425. The summed E-state index contributed by atoms with van der Waals surface area (Å²) in [5.41, 5.74) is 0.865. The van der Waals surface area contributed by atoms with Gasteiger partial charge >= 0.3 is 0 Å². The summed E-state index contributed by atoms with van der Waals surface area (Å²) in [6.07, 6.45) is 2.25. The van der Waals surface area contributed by atoms with Crippen LogP contribution in [-0.2, 0) is 0 Å². The van der Waals surface area contributed by atoms with E-state index < -0.39 is 0 Å². The average molecular weight is 254 g/mol. The van der Waals surface area contributed by atoms with Gasteiger partial charge in [-0.1, -0.05) is 35.0 Å². The van der Waals surface area contributed by atoms with E-state index in [1.165, 1.54) is 0 Å². The molecule has 0 saturated carbocycles. The Labute approximate surface area is 106 Å². The summed E-state index contributed by atoms with van der Waals surface area (Å²) in [6.45, 7) is 2.13. The third kappa shape index (κ3) is 3.15. The lowest BCUT2D eigenvalue weighted by Crippen LogP contribution is -2.26. The fraction of sp³-hybridized carbons (Fsp3) is 0.385. The zero-order chi connectivity index (χ0) is 11.4. The van der Waals surface area contributed by atoms with Crippen LogP contribution in [0.2, 0.25) is 10.0 Å². The minimum Gasteiger partial charge on any atom is -0.317 e. The third-order valence-electron chi connectivity index (χ3n) is 2.68. The minimum absolute atomic E-state index is 0.494. The highest BCUT2D eigenvalue weighted by atomic mass is 35.5. The highest BCUT2D eigenvalue weighted by Gasteiger charge is 2.09. The molecule has 0 radical (unpaired) electrons. The van der Waals surface area contributed by atoms with E-state index in [4.69, 9.17) is 23.2 Å². The lowest BCUT2D eigenvalue weighted by molar-refractivity contribution is 0.447.